The number of rotatable bonds is 5. The number of sulfonamides is 1. The minimum atomic E-state index is -3.38. The molecule has 0 unspecified atom stereocenters. The van der Waals surface area contributed by atoms with Gasteiger partial charge in [0.25, 0.3) is 0 Å². The molecule has 2 aromatic rings. The van der Waals surface area contributed by atoms with Gasteiger partial charge in [-0.15, -0.1) is 0 Å². The van der Waals surface area contributed by atoms with Crippen LogP contribution in [0.4, 0.5) is 5.82 Å². The summed E-state index contributed by atoms with van der Waals surface area (Å²) >= 11 is 0. The van der Waals surface area contributed by atoms with Gasteiger partial charge in [0.05, 0.1) is 12.8 Å². The summed E-state index contributed by atoms with van der Waals surface area (Å²) in [5.41, 5.74) is 1.11. The summed E-state index contributed by atoms with van der Waals surface area (Å²) in [6.45, 7) is 0.995. The van der Waals surface area contributed by atoms with Gasteiger partial charge in [0.15, 0.2) is 5.82 Å². The summed E-state index contributed by atoms with van der Waals surface area (Å²) in [4.78, 5) is 12.4. The maximum Gasteiger partial charge on any atom is 0.244 e. The summed E-state index contributed by atoms with van der Waals surface area (Å²) in [6, 6.07) is 10.9. The Morgan fingerprint density at radius 3 is 2.75 bits per heavy atom. The van der Waals surface area contributed by atoms with E-state index in [9.17, 15) is 13.2 Å². The molecule has 1 N–H and O–H groups in total. The predicted molar refractivity (Wildman–Crippen MR) is 91.0 cm³/mol. The number of benzene rings is 1. The van der Waals surface area contributed by atoms with Crippen LogP contribution in [0.3, 0.4) is 0 Å². The third-order valence-electron chi connectivity index (χ3n) is 4.01. The summed E-state index contributed by atoms with van der Waals surface area (Å²) in [5, 5.41) is 7.04. The van der Waals surface area contributed by atoms with Crippen molar-refractivity contribution in [1.82, 2.24) is 14.1 Å². The Morgan fingerprint density at radius 1 is 1.29 bits per heavy atom. The number of nitrogens with one attached hydrogen (secondary N) is 1. The Bertz CT molecular complexity index is 817. The molecule has 1 fully saturated rings. The first-order valence-electron chi connectivity index (χ1n) is 7.78. The molecule has 1 saturated heterocycles. The molecule has 1 aromatic heterocycles. The van der Waals surface area contributed by atoms with Crippen molar-refractivity contribution in [3.63, 3.8) is 0 Å². The van der Waals surface area contributed by atoms with Crippen molar-refractivity contribution in [2.45, 2.75) is 25.4 Å². The zero-order valence-electron chi connectivity index (χ0n) is 13.4. The smallest absolute Gasteiger partial charge is 0.244 e. The fourth-order valence-corrected chi connectivity index (χ4v) is 4.02. The minimum absolute atomic E-state index is 0.331. The van der Waals surface area contributed by atoms with Gasteiger partial charge in [-0.1, -0.05) is 30.3 Å². The number of carbonyl (C=O) groups is 1. The molecule has 8 heteroatoms. The van der Waals surface area contributed by atoms with E-state index in [4.69, 9.17) is 0 Å². The molecule has 1 aliphatic rings. The van der Waals surface area contributed by atoms with Crippen LogP contribution in [0.1, 0.15) is 18.4 Å². The number of anilines is 1. The lowest BCUT2D eigenvalue weighted by Crippen LogP contribution is -2.42. The Labute approximate surface area is 141 Å². The molecule has 0 saturated carbocycles. The van der Waals surface area contributed by atoms with Crippen molar-refractivity contribution < 1.29 is 13.2 Å². The van der Waals surface area contributed by atoms with Gasteiger partial charge in [-0.2, -0.15) is 9.40 Å². The third kappa shape index (κ3) is 3.82. The van der Waals surface area contributed by atoms with Crippen LogP contribution >= 0.6 is 0 Å². The Morgan fingerprint density at radius 2 is 2.04 bits per heavy atom. The molecule has 128 valence electrons. The van der Waals surface area contributed by atoms with Crippen molar-refractivity contribution in [3.8, 4) is 0 Å². The van der Waals surface area contributed by atoms with Crippen LogP contribution in [0, 0.1) is 0 Å². The normalized spacial score (nSPS) is 18.6. The molecule has 1 atom stereocenters. The highest BCUT2D eigenvalue weighted by atomic mass is 32.2. The van der Waals surface area contributed by atoms with E-state index in [1.54, 1.807) is 16.9 Å². The molecule has 1 amide bonds. The summed E-state index contributed by atoms with van der Waals surface area (Å²) in [5.74, 6) is 0.0965. The maximum absolute atomic E-state index is 12.4. The second kappa shape index (κ2) is 6.74. The van der Waals surface area contributed by atoms with Gasteiger partial charge in [-0.25, -0.2) is 8.42 Å². The summed E-state index contributed by atoms with van der Waals surface area (Å²) in [6.07, 6.45) is 4.13. The summed E-state index contributed by atoms with van der Waals surface area (Å²) in [7, 11) is -3.38. The van der Waals surface area contributed by atoms with E-state index in [1.807, 2.05) is 30.3 Å². The SMILES string of the molecule is CS(=O)(=O)N1CCC[C@@H]1C(=O)Nc1ccn(Cc2ccccc2)n1. The highest BCUT2D eigenvalue weighted by Crippen LogP contribution is 2.21. The van der Waals surface area contributed by atoms with Crippen LogP contribution in [-0.4, -0.2) is 47.3 Å². The van der Waals surface area contributed by atoms with E-state index in [1.165, 1.54) is 4.31 Å². The number of amides is 1. The van der Waals surface area contributed by atoms with Gasteiger partial charge in [-0.3, -0.25) is 9.48 Å². The molecule has 3 rings (SSSR count). The van der Waals surface area contributed by atoms with Gasteiger partial charge in [-0.05, 0) is 18.4 Å². The minimum Gasteiger partial charge on any atom is -0.308 e. The van der Waals surface area contributed by atoms with E-state index in [0.717, 1.165) is 11.8 Å². The largest absolute Gasteiger partial charge is 0.308 e. The number of carbonyl (C=O) groups excluding carboxylic acids is 1. The topological polar surface area (TPSA) is 84.3 Å². The van der Waals surface area contributed by atoms with Crippen molar-refractivity contribution in [2.24, 2.45) is 0 Å². The first-order chi connectivity index (χ1) is 11.4. The molecule has 2 heterocycles. The molecule has 0 aliphatic carbocycles. The molecule has 0 bridgehead atoms. The quantitative estimate of drug-likeness (QED) is 0.882. The van der Waals surface area contributed by atoms with E-state index in [-0.39, 0.29) is 5.91 Å². The Balaban J connectivity index is 1.65. The van der Waals surface area contributed by atoms with Gasteiger partial charge in [0.2, 0.25) is 15.9 Å². The van der Waals surface area contributed by atoms with E-state index < -0.39 is 16.1 Å². The van der Waals surface area contributed by atoms with Gasteiger partial charge in [0, 0.05) is 18.8 Å². The number of hydrogen-bond acceptors (Lipinski definition) is 4. The van der Waals surface area contributed by atoms with Gasteiger partial charge >= 0.3 is 0 Å². The molecule has 0 spiro atoms. The van der Waals surface area contributed by atoms with E-state index >= 15 is 0 Å². The molecule has 24 heavy (non-hydrogen) atoms. The lowest BCUT2D eigenvalue weighted by molar-refractivity contribution is -0.119. The van der Waals surface area contributed by atoms with Crippen molar-refractivity contribution >= 4 is 21.7 Å². The van der Waals surface area contributed by atoms with Gasteiger partial charge < -0.3 is 5.32 Å². The zero-order valence-corrected chi connectivity index (χ0v) is 14.2. The van der Waals surface area contributed by atoms with Crippen LogP contribution in [0.2, 0.25) is 0 Å². The molecular weight excluding hydrogens is 328 g/mol. The Kier molecular flexibility index (Phi) is 4.68. The van der Waals surface area contributed by atoms with Crippen LogP contribution in [0.25, 0.3) is 0 Å². The van der Waals surface area contributed by atoms with Crippen molar-refractivity contribution in [1.29, 1.82) is 0 Å². The van der Waals surface area contributed by atoms with Crippen LogP contribution < -0.4 is 5.32 Å². The zero-order chi connectivity index (χ0) is 17.2. The first kappa shape index (κ1) is 16.7. The van der Waals surface area contributed by atoms with E-state index in [0.29, 0.717) is 31.7 Å². The highest BCUT2D eigenvalue weighted by Gasteiger charge is 2.36. The van der Waals surface area contributed by atoms with Gasteiger partial charge in [0.1, 0.15) is 6.04 Å². The van der Waals surface area contributed by atoms with Crippen molar-refractivity contribution in [2.75, 3.05) is 18.1 Å². The second-order valence-electron chi connectivity index (χ2n) is 5.91. The van der Waals surface area contributed by atoms with Crippen molar-refractivity contribution in [3.05, 3.63) is 48.2 Å². The molecule has 1 aliphatic heterocycles. The standard InChI is InChI=1S/C16H20N4O3S/c1-24(22,23)20-10-5-8-14(20)16(21)17-15-9-11-19(18-15)12-13-6-3-2-4-7-13/h2-4,6-7,9,11,14H,5,8,10,12H2,1H3,(H,17,18,21)/t14-/m1/s1. The number of aromatic nitrogens is 2. The van der Waals surface area contributed by atoms with Crippen LogP contribution in [0.15, 0.2) is 42.6 Å². The third-order valence-corrected chi connectivity index (χ3v) is 5.30. The first-order valence-corrected chi connectivity index (χ1v) is 9.63. The maximum atomic E-state index is 12.4. The average Bonchev–Trinajstić information content (AvgIpc) is 3.17. The lowest BCUT2D eigenvalue weighted by atomic mass is 10.2. The lowest BCUT2D eigenvalue weighted by Gasteiger charge is -2.20. The number of nitrogens with zero attached hydrogens (tertiary/aromatic N) is 3. The predicted octanol–water partition coefficient (Wildman–Crippen LogP) is 1.29. The highest BCUT2D eigenvalue weighted by molar-refractivity contribution is 7.88. The monoisotopic (exact) mass is 348 g/mol. The second-order valence-corrected chi connectivity index (χ2v) is 7.84. The molecule has 0 radical (unpaired) electrons. The number of hydrogen-bond donors (Lipinski definition) is 1. The fourth-order valence-electron chi connectivity index (χ4n) is 2.90. The molecular formula is C16H20N4O3S. The van der Waals surface area contributed by atoms with E-state index in [2.05, 4.69) is 10.4 Å². The average molecular weight is 348 g/mol. The van der Waals surface area contributed by atoms with Crippen LogP contribution in [0.5, 0.6) is 0 Å². The van der Waals surface area contributed by atoms with Crippen LogP contribution in [-0.2, 0) is 21.4 Å². The Hall–Kier alpha value is -2.19. The molecule has 7 nitrogen and oxygen atoms in total. The summed E-state index contributed by atoms with van der Waals surface area (Å²) < 4.78 is 26.5. The fraction of sp³-hybridized carbons (Fsp3) is 0.375. The molecule has 1 aromatic carbocycles.